The summed E-state index contributed by atoms with van der Waals surface area (Å²) in [5.74, 6) is -0.715. The van der Waals surface area contributed by atoms with Crippen molar-refractivity contribution in [2.75, 3.05) is 5.73 Å². The largest absolute Gasteiger partial charge is 0.478 e. The Balaban J connectivity index is 2.31. The lowest BCUT2D eigenvalue weighted by Crippen LogP contribution is -2.04. The van der Waals surface area contributed by atoms with Crippen LogP contribution >= 0.6 is 63.7 Å². The number of anilines is 1. The van der Waals surface area contributed by atoms with Gasteiger partial charge >= 0.3 is 5.97 Å². The lowest BCUT2D eigenvalue weighted by atomic mass is 9.93. The van der Waals surface area contributed by atoms with Gasteiger partial charge in [0.05, 0.1) is 11.3 Å². The molecule has 7 heteroatoms. The van der Waals surface area contributed by atoms with E-state index >= 15 is 0 Å². The van der Waals surface area contributed by atoms with Crippen LogP contribution in [0, 0.1) is 0 Å². The van der Waals surface area contributed by atoms with Gasteiger partial charge in [0, 0.05) is 17.9 Å². The van der Waals surface area contributed by atoms with Gasteiger partial charge in [-0.05, 0) is 111 Å². The molecule has 0 amide bonds. The second-order valence-electron chi connectivity index (χ2n) is 5.24. The van der Waals surface area contributed by atoms with Crippen molar-refractivity contribution < 1.29 is 9.90 Å². The predicted molar refractivity (Wildman–Crippen MR) is 107 cm³/mol. The summed E-state index contributed by atoms with van der Waals surface area (Å²) in [6.45, 7) is 2.12. The molecular formula is C16H13Br4NO2. The second kappa shape index (κ2) is 7.68. The summed E-state index contributed by atoms with van der Waals surface area (Å²) in [7, 11) is 0. The number of nitrogen functional groups attached to an aromatic ring is 1. The van der Waals surface area contributed by atoms with Crippen LogP contribution in [0.15, 0.2) is 42.2 Å². The Bertz CT molecular complexity index is 731. The van der Waals surface area contributed by atoms with E-state index in [-0.39, 0.29) is 11.5 Å². The zero-order chi connectivity index (χ0) is 17.3. The van der Waals surface area contributed by atoms with Crippen LogP contribution in [0.3, 0.4) is 0 Å². The van der Waals surface area contributed by atoms with Crippen molar-refractivity contribution in [3.05, 3.63) is 58.8 Å². The van der Waals surface area contributed by atoms with Gasteiger partial charge in [-0.3, -0.25) is 0 Å². The highest BCUT2D eigenvalue weighted by Crippen LogP contribution is 2.34. The minimum Gasteiger partial charge on any atom is -0.478 e. The number of nitrogens with two attached hydrogens (primary N) is 1. The molecule has 0 bridgehead atoms. The van der Waals surface area contributed by atoms with Gasteiger partial charge in [0.25, 0.3) is 0 Å². The lowest BCUT2D eigenvalue weighted by Gasteiger charge is -2.15. The average Bonchev–Trinajstić information content (AvgIpc) is 2.42. The van der Waals surface area contributed by atoms with Gasteiger partial charge in [-0.25, -0.2) is 4.79 Å². The molecule has 3 N–H and O–H groups in total. The number of hydrogen-bond acceptors (Lipinski definition) is 2. The summed E-state index contributed by atoms with van der Waals surface area (Å²) >= 11 is 13.6. The van der Waals surface area contributed by atoms with Gasteiger partial charge in [-0.1, -0.05) is 6.92 Å². The Hall–Kier alpha value is -0.370. The molecule has 1 atom stereocenters. The molecule has 0 saturated heterocycles. The molecule has 0 saturated carbocycles. The van der Waals surface area contributed by atoms with E-state index in [2.05, 4.69) is 70.6 Å². The molecule has 23 heavy (non-hydrogen) atoms. The summed E-state index contributed by atoms with van der Waals surface area (Å²) < 4.78 is 2.86. The number of aromatic carboxylic acids is 1. The van der Waals surface area contributed by atoms with E-state index in [4.69, 9.17) is 5.73 Å². The van der Waals surface area contributed by atoms with Gasteiger partial charge in [-0.2, -0.15) is 0 Å². The van der Waals surface area contributed by atoms with Crippen LogP contribution < -0.4 is 5.73 Å². The summed E-state index contributed by atoms with van der Waals surface area (Å²) in [5.41, 5.74) is 9.03. The molecular weight excluding hydrogens is 558 g/mol. The average molecular weight is 571 g/mol. The molecule has 0 aliphatic carbocycles. The van der Waals surface area contributed by atoms with Crippen LogP contribution in [-0.2, 0) is 6.42 Å². The standard InChI is InChI=1S/C16H13Br4NO2/c1-7(9-5-12(19)15(21)13(20)6-9)2-8-3-10(17)14(16(22)23)11(18)4-8/h3-7H,2,21H2,1H3,(H,22,23). The third-order valence-electron chi connectivity index (χ3n) is 3.53. The Morgan fingerprint density at radius 2 is 1.52 bits per heavy atom. The van der Waals surface area contributed by atoms with E-state index in [1.807, 2.05) is 24.3 Å². The maximum absolute atomic E-state index is 11.2. The Morgan fingerprint density at radius 1 is 1.04 bits per heavy atom. The maximum Gasteiger partial charge on any atom is 0.337 e. The fourth-order valence-corrected chi connectivity index (χ4v) is 5.15. The quantitative estimate of drug-likeness (QED) is 0.420. The highest BCUT2D eigenvalue weighted by Gasteiger charge is 2.16. The summed E-state index contributed by atoms with van der Waals surface area (Å²) in [5, 5.41) is 9.20. The zero-order valence-corrected chi connectivity index (χ0v) is 18.4. The number of hydrogen-bond donors (Lipinski definition) is 2. The number of benzene rings is 2. The number of carbonyl (C=O) groups is 1. The number of halogens is 4. The maximum atomic E-state index is 11.2. The van der Waals surface area contributed by atoms with Crippen molar-refractivity contribution in [1.82, 2.24) is 0 Å². The fourth-order valence-electron chi connectivity index (χ4n) is 2.31. The predicted octanol–water partition coefficient (Wildman–Crippen LogP) is 6.36. The molecule has 3 nitrogen and oxygen atoms in total. The van der Waals surface area contributed by atoms with E-state index < -0.39 is 5.97 Å². The molecule has 122 valence electrons. The fraction of sp³-hybridized carbons (Fsp3) is 0.188. The Labute approximate surface area is 168 Å². The number of carboxylic acid groups (broad SMARTS) is 1. The highest BCUT2D eigenvalue weighted by molar-refractivity contribution is 9.11. The molecule has 2 rings (SSSR count). The van der Waals surface area contributed by atoms with Gasteiger partial charge < -0.3 is 10.8 Å². The lowest BCUT2D eigenvalue weighted by molar-refractivity contribution is 0.0695. The van der Waals surface area contributed by atoms with Crippen molar-refractivity contribution in [2.45, 2.75) is 19.3 Å². The molecule has 0 heterocycles. The third-order valence-corrected chi connectivity index (χ3v) is 6.09. The first-order chi connectivity index (χ1) is 10.7. The molecule has 2 aromatic rings. The van der Waals surface area contributed by atoms with E-state index in [1.54, 1.807) is 0 Å². The molecule has 0 aromatic heterocycles. The molecule has 0 radical (unpaired) electrons. The monoisotopic (exact) mass is 567 g/mol. The van der Waals surface area contributed by atoms with Crippen molar-refractivity contribution in [3.8, 4) is 0 Å². The van der Waals surface area contributed by atoms with Gasteiger partial charge in [0.15, 0.2) is 0 Å². The van der Waals surface area contributed by atoms with E-state index in [0.717, 1.165) is 26.5 Å². The first-order valence-corrected chi connectivity index (χ1v) is 9.83. The topological polar surface area (TPSA) is 63.3 Å². The molecule has 0 aliphatic heterocycles. The van der Waals surface area contributed by atoms with Crippen molar-refractivity contribution >= 4 is 75.4 Å². The first kappa shape index (κ1) is 19.0. The van der Waals surface area contributed by atoms with Crippen LogP contribution in [0.5, 0.6) is 0 Å². The first-order valence-electron chi connectivity index (χ1n) is 6.66. The Kier molecular flexibility index (Phi) is 6.33. The van der Waals surface area contributed by atoms with Gasteiger partial charge in [0.1, 0.15) is 0 Å². The van der Waals surface area contributed by atoms with E-state index in [1.165, 1.54) is 0 Å². The minimum absolute atomic E-state index is 0.236. The van der Waals surface area contributed by atoms with E-state index in [0.29, 0.717) is 14.6 Å². The highest BCUT2D eigenvalue weighted by atomic mass is 79.9. The van der Waals surface area contributed by atoms with E-state index in [9.17, 15) is 9.90 Å². The smallest absolute Gasteiger partial charge is 0.337 e. The zero-order valence-electron chi connectivity index (χ0n) is 12.0. The van der Waals surface area contributed by atoms with Crippen LogP contribution in [0.4, 0.5) is 5.69 Å². The number of rotatable bonds is 4. The van der Waals surface area contributed by atoms with Gasteiger partial charge in [-0.15, -0.1) is 0 Å². The van der Waals surface area contributed by atoms with Crippen LogP contribution in [0.25, 0.3) is 0 Å². The normalized spacial score (nSPS) is 12.2. The van der Waals surface area contributed by atoms with Crippen LogP contribution in [0.2, 0.25) is 0 Å². The SMILES string of the molecule is CC(Cc1cc(Br)c(C(=O)O)c(Br)c1)c1cc(Br)c(N)c(Br)c1. The van der Waals surface area contributed by atoms with Crippen molar-refractivity contribution in [3.63, 3.8) is 0 Å². The summed E-state index contributed by atoms with van der Waals surface area (Å²) in [4.78, 5) is 11.2. The molecule has 1 unspecified atom stereocenters. The van der Waals surface area contributed by atoms with Crippen molar-refractivity contribution in [1.29, 1.82) is 0 Å². The van der Waals surface area contributed by atoms with Gasteiger partial charge in [0.2, 0.25) is 0 Å². The van der Waals surface area contributed by atoms with Crippen molar-refractivity contribution in [2.24, 2.45) is 0 Å². The van der Waals surface area contributed by atoms with Crippen LogP contribution in [-0.4, -0.2) is 11.1 Å². The third kappa shape index (κ3) is 4.38. The number of carboxylic acids is 1. The molecule has 0 spiro atoms. The van der Waals surface area contributed by atoms with Crippen LogP contribution in [0.1, 0.15) is 34.3 Å². The summed E-state index contributed by atoms with van der Waals surface area (Å²) in [6.07, 6.45) is 0.778. The minimum atomic E-state index is -0.963. The summed E-state index contributed by atoms with van der Waals surface area (Å²) in [6, 6.07) is 7.74. The molecule has 0 fully saturated rings. The molecule has 0 aliphatic rings. The Morgan fingerprint density at radius 3 is 1.96 bits per heavy atom. The second-order valence-corrected chi connectivity index (χ2v) is 8.66. The molecule has 2 aromatic carbocycles.